The zero-order chi connectivity index (χ0) is 21.1. The molecule has 0 radical (unpaired) electrons. The lowest BCUT2D eigenvalue weighted by molar-refractivity contribution is -0.326. The molecule has 11 heteroatoms. The molecule has 0 spiro atoms. The Morgan fingerprint density at radius 1 is 1.04 bits per heavy atom. The summed E-state index contributed by atoms with van der Waals surface area (Å²) in [6, 6.07) is 0. The van der Waals surface area contributed by atoms with Crippen molar-refractivity contribution in [1.82, 2.24) is 0 Å². The molecule has 0 saturated carbocycles. The van der Waals surface area contributed by atoms with Gasteiger partial charge >= 0.3 is 0 Å². The Bertz CT molecular complexity index is 477. The van der Waals surface area contributed by atoms with Crippen molar-refractivity contribution in [2.24, 2.45) is 5.41 Å². The van der Waals surface area contributed by atoms with E-state index in [0.717, 1.165) is 0 Å². The van der Waals surface area contributed by atoms with E-state index in [2.05, 4.69) is 0 Å². The van der Waals surface area contributed by atoms with E-state index in [1.54, 1.807) is 0 Å². The number of carbonyl (C=O) groups excluding carboxylic acids is 1. The average molecular weight is 398 g/mol. The van der Waals surface area contributed by atoms with Gasteiger partial charge in [-0.1, -0.05) is 20.8 Å². The molecule has 1 aliphatic heterocycles. The van der Waals surface area contributed by atoms with Crippen molar-refractivity contribution >= 4 is 5.78 Å². The Morgan fingerprint density at radius 2 is 1.59 bits per heavy atom. The van der Waals surface area contributed by atoms with Crippen LogP contribution in [0.15, 0.2) is 0 Å². The van der Waals surface area contributed by atoms with E-state index in [4.69, 9.17) is 9.47 Å². The monoisotopic (exact) mass is 398 g/mol. The Labute approximate surface area is 156 Å². The molecule has 0 aromatic rings. The molecule has 0 aromatic carbocycles. The molecule has 0 aliphatic carbocycles. The van der Waals surface area contributed by atoms with Gasteiger partial charge in [0.05, 0.1) is 13.2 Å². The van der Waals surface area contributed by atoms with Gasteiger partial charge in [-0.3, -0.25) is 4.79 Å². The van der Waals surface area contributed by atoms with Crippen LogP contribution in [0, 0.1) is 5.41 Å². The molecule has 1 fully saturated rings. The van der Waals surface area contributed by atoms with Crippen molar-refractivity contribution in [3.63, 3.8) is 0 Å². The normalized spacial score (nSPS) is 34.0. The first-order chi connectivity index (χ1) is 12.4. The number of carbonyl (C=O) groups is 1. The van der Waals surface area contributed by atoms with E-state index >= 15 is 0 Å². The lowest BCUT2D eigenvalue weighted by Crippen LogP contribution is -2.62. The number of aliphatic hydroxyl groups is 8. The van der Waals surface area contributed by atoms with E-state index in [0.29, 0.717) is 0 Å². The first kappa shape index (κ1) is 24.3. The van der Waals surface area contributed by atoms with Gasteiger partial charge in [0.1, 0.15) is 48.8 Å². The minimum atomic E-state index is -2.01. The van der Waals surface area contributed by atoms with Crippen LogP contribution < -0.4 is 0 Å². The summed E-state index contributed by atoms with van der Waals surface area (Å²) in [5.74, 6) is -0.762. The minimum Gasteiger partial charge on any atom is -0.394 e. The van der Waals surface area contributed by atoms with Crippen molar-refractivity contribution in [3.8, 4) is 0 Å². The second kappa shape index (κ2) is 9.65. The smallest absolute Gasteiger partial charge is 0.187 e. The number of hydrogen-bond acceptors (Lipinski definition) is 11. The van der Waals surface area contributed by atoms with Crippen LogP contribution in [0.1, 0.15) is 20.8 Å². The third kappa shape index (κ3) is 5.64. The summed E-state index contributed by atoms with van der Waals surface area (Å²) in [6.45, 7) is 2.85. The molecule has 0 unspecified atom stereocenters. The van der Waals surface area contributed by atoms with Crippen molar-refractivity contribution in [3.05, 3.63) is 0 Å². The van der Waals surface area contributed by atoms with Crippen LogP contribution in [0.2, 0.25) is 0 Å². The van der Waals surface area contributed by atoms with Crippen LogP contribution in [-0.2, 0) is 14.3 Å². The fourth-order valence-corrected chi connectivity index (χ4v) is 2.62. The first-order valence-corrected chi connectivity index (χ1v) is 8.52. The van der Waals surface area contributed by atoms with E-state index < -0.39 is 79.5 Å². The van der Waals surface area contributed by atoms with Gasteiger partial charge in [0.2, 0.25) is 0 Å². The van der Waals surface area contributed by atoms with Crippen molar-refractivity contribution < 1.29 is 55.1 Å². The highest BCUT2D eigenvalue weighted by Crippen LogP contribution is 2.26. The van der Waals surface area contributed by atoms with Crippen LogP contribution in [-0.4, -0.2) is 115 Å². The molecule has 1 saturated heterocycles. The van der Waals surface area contributed by atoms with E-state index in [1.807, 2.05) is 0 Å². The molecule has 0 aromatic heterocycles. The second-order valence-electron chi connectivity index (χ2n) is 7.60. The third-order valence-electron chi connectivity index (χ3n) is 4.37. The lowest BCUT2D eigenvalue weighted by atomic mass is 9.84. The molecule has 1 heterocycles. The average Bonchev–Trinajstić information content (AvgIpc) is 2.62. The first-order valence-electron chi connectivity index (χ1n) is 8.52. The summed E-state index contributed by atoms with van der Waals surface area (Å²) in [7, 11) is 0. The summed E-state index contributed by atoms with van der Waals surface area (Å²) < 4.78 is 10.3. The molecule has 160 valence electrons. The zero-order valence-electron chi connectivity index (χ0n) is 15.4. The van der Waals surface area contributed by atoms with Crippen molar-refractivity contribution in [1.29, 1.82) is 0 Å². The SMILES string of the molecule is CC(C)(C)C(=O)[C@H](O)[C@@H](O)[C@H](O[C@@H]1O[C@H](CO)[C@H](O)[C@H](O)[C@H]1O)[C@H](O)CO. The highest BCUT2D eigenvalue weighted by molar-refractivity contribution is 5.88. The quantitative estimate of drug-likeness (QED) is 0.197. The molecular weight excluding hydrogens is 368 g/mol. The summed E-state index contributed by atoms with van der Waals surface area (Å²) in [5.41, 5.74) is -1.03. The number of aliphatic hydroxyl groups excluding tert-OH is 8. The van der Waals surface area contributed by atoms with Crippen molar-refractivity contribution in [2.75, 3.05) is 13.2 Å². The van der Waals surface area contributed by atoms with Crippen LogP contribution >= 0.6 is 0 Å². The molecule has 11 nitrogen and oxygen atoms in total. The Kier molecular flexibility index (Phi) is 8.69. The number of ketones is 1. The van der Waals surface area contributed by atoms with Crippen LogP contribution in [0.25, 0.3) is 0 Å². The van der Waals surface area contributed by atoms with E-state index in [-0.39, 0.29) is 0 Å². The van der Waals surface area contributed by atoms with Gasteiger partial charge in [-0.2, -0.15) is 0 Å². The maximum atomic E-state index is 12.2. The van der Waals surface area contributed by atoms with Gasteiger partial charge in [-0.25, -0.2) is 0 Å². The van der Waals surface area contributed by atoms with Crippen molar-refractivity contribution in [2.45, 2.75) is 75.9 Å². The van der Waals surface area contributed by atoms with Gasteiger partial charge < -0.3 is 50.3 Å². The topological polar surface area (TPSA) is 197 Å². The summed E-state index contributed by atoms with van der Waals surface area (Å²) in [4.78, 5) is 12.2. The highest BCUT2D eigenvalue weighted by atomic mass is 16.7. The maximum absolute atomic E-state index is 12.2. The second-order valence-corrected chi connectivity index (χ2v) is 7.60. The zero-order valence-corrected chi connectivity index (χ0v) is 15.4. The molecule has 8 N–H and O–H groups in total. The summed E-state index contributed by atoms with van der Waals surface area (Å²) in [5, 5.41) is 78.2. The van der Waals surface area contributed by atoms with E-state index in [9.17, 15) is 45.6 Å². The maximum Gasteiger partial charge on any atom is 0.187 e. The number of hydrogen-bond donors (Lipinski definition) is 8. The summed E-state index contributed by atoms with van der Waals surface area (Å²) >= 11 is 0. The molecule has 1 aliphatic rings. The predicted molar refractivity (Wildman–Crippen MR) is 88.2 cm³/mol. The molecule has 0 amide bonds. The Hall–Kier alpha value is -0.730. The summed E-state index contributed by atoms with van der Waals surface area (Å²) in [6.07, 6.45) is -15.9. The fourth-order valence-electron chi connectivity index (χ4n) is 2.62. The predicted octanol–water partition coefficient (Wildman–Crippen LogP) is -4.14. The van der Waals surface area contributed by atoms with Crippen LogP contribution in [0.5, 0.6) is 0 Å². The molecule has 0 bridgehead atoms. The minimum absolute atomic E-state index is 0.730. The van der Waals surface area contributed by atoms with Gasteiger partial charge in [-0.15, -0.1) is 0 Å². The Morgan fingerprint density at radius 3 is 2.04 bits per heavy atom. The standard InChI is InChI=1S/C16H30O11/c1-16(2,3)14(25)11(23)10(22)13(6(19)4-17)27-15-12(24)9(21)8(20)7(5-18)26-15/h6-13,15,17-24H,4-5H2,1-3H3/t6-,7-,8+,9+,10-,11-,12-,13-,15+/m1/s1. The number of Topliss-reactive ketones (excluding diaryl/α,β-unsaturated/α-hetero) is 1. The molecule has 1 rings (SSSR count). The molecular formula is C16H30O11. The van der Waals surface area contributed by atoms with Gasteiger partial charge in [0.25, 0.3) is 0 Å². The largest absolute Gasteiger partial charge is 0.394 e. The van der Waals surface area contributed by atoms with Crippen LogP contribution in [0.3, 0.4) is 0 Å². The fraction of sp³-hybridized carbons (Fsp3) is 0.938. The number of rotatable bonds is 8. The van der Waals surface area contributed by atoms with Gasteiger partial charge in [0.15, 0.2) is 12.1 Å². The van der Waals surface area contributed by atoms with Gasteiger partial charge in [0, 0.05) is 5.41 Å². The van der Waals surface area contributed by atoms with E-state index in [1.165, 1.54) is 20.8 Å². The lowest BCUT2D eigenvalue weighted by Gasteiger charge is -2.42. The highest BCUT2D eigenvalue weighted by Gasteiger charge is 2.47. The van der Waals surface area contributed by atoms with Gasteiger partial charge in [-0.05, 0) is 0 Å². The molecule has 27 heavy (non-hydrogen) atoms. The molecule has 9 atom stereocenters. The third-order valence-corrected chi connectivity index (χ3v) is 4.37. The van der Waals surface area contributed by atoms with Crippen LogP contribution in [0.4, 0.5) is 0 Å². The number of ether oxygens (including phenoxy) is 2. The Balaban J connectivity index is 3.02.